The molecule has 94 valence electrons. The van der Waals surface area contributed by atoms with Gasteiger partial charge in [-0.2, -0.15) is 0 Å². The van der Waals surface area contributed by atoms with E-state index in [1.54, 1.807) is 0 Å². The average Bonchev–Trinajstić information content (AvgIpc) is 2.91. The zero-order valence-corrected chi connectivity index (χ0v) is 11.5. The summed E-state index contributed by atoms with van der Waals surface area (Å²) in [5.74, 6) is 0.774. The first-order valence-corrected chi connectivity index (χ1v) is 6.85. The predicted molar refractivity (Wildman–Crippen MR) is 75.5 cm³/mol. The van der Waals surface area contributed by atoms with Crippen LogP contribution in [0.2, 0.25) is 0 Å². The molecule has 0 saturated heterocycles. The fraction of sp³-hybridized carbons (Fsp3) is 0.133. The van der Waals surface area contributed by atoms with Gasteiger partial charge < -0.3 is 10.1 Å². The van der Waals surface area contributed by atoms with Crippen LogP contribution in [0, 0.1) is 0 Å². The number of amides is 1. The van der Waals surface area contributed by atoms with E-state index in [9.17, 15) is 4.79 Å². The van der Waals surface area contributed by atoms with Crippen molar-refractivity contribution in [1.82, 2.24) is 0 Å². The lowest BCUT2D eigenvalue weighted by Crippen LogP contribution is -2.37. The second kappa shape index (κ2) is 3.61. The smallest absolute Gasteiger partial charge is 0.243 e. The lowest BCUT2D eigenvalue weighted by atomic mass is 9.77. The minimum absolute atomic E-state index is 0.00484. The van der Waals surface area contributed by atoms with E-state index in [-0.39, 0.29) is 5.91 Å². The van der Waals surface area contributed by atoms with E-state index in [1.807, 2.05) is 42.5 Å². The quantitative estimate of drug-likeness (QED) is 0.811. The van der Waals surface area contributed by atoms with Crippen LogP contribution in [0.3, 0.4) is 0 Å². The number of benzene rings is 2. The van der Waals surface area contributed by atoms with Crippen LogP contribution in [-0.4, -0.2) is 12.5 Å². The molecule has 0 fully saturated rings. The fourth-order valence-corrected chi connectivity index (χ4v) is 3.30. The minimum Gasteiger partial charge on any atom is -0.491 e. The third-order valence-corrected chi connectivity index (χ3v) is 4.36. The number of hydrogen-bond donors (Lipinski definition) is 1. The van der Waals surface area contributed by atoms with E-state index in [0.29, 0.717) is 6.61 Å². The monoisotopic (exact) mass is 315 g/mol. The van der Waals surface area contributed by atoms with Crippen LogP contribution < -0.4 is 10.1 Å². The Balaban J connectivity index is 2.01. The van der Waals surface area contributed by atoms with Gasteiger partial charge in [0, 0.05) is 15.7 Å². The van der Waals surface area contributed by atoms with Crippen LogP contribution in [0.25, 0.3) is 0 Å². The highest BCUT2D eigenvalue weighted by Crippen LogP contribution is 2.50. The van der Waals surface area contributed by atoms with Crippen molar-refractivity contribution in [2.45, 2.75) is 5.41 Å². The fourth-order valence-electron chi connectivity index (χ4n) is 2.96. The molecule has 0 aromatic heterocycles. The molecule has 1 atom stereocenters. The summed E-state index contributed by atoms with van der Waals surface area (Å²) in [6, 6.07) is 13.6. The molecule has 4 rings (SSSR count). The third kappa shape index (κ3) is 1.29. The Bertz CT molecular complexity index is 713. The van der Waals surface area contributed by atoms with Gasteiger partial charge in [0.25, 0.3) is 0 Å². The maximum absolute atomic E-state index is 12.5. The van der Waals surface area contributed by atoms with Crippen LogP contribution in [0.5, 0.6) is 5.75 Å². The Morgan fingerprint density at radius 3 is 2.89 bits per heavy atom. The first kappa shape index (κ1) is 11.1. The van der Waals surface area contributed by atoms with Crippen molar-refractivity contribution in [1.29, 1.82) is 0 Å². The first-order chi connectivity index (χ1) is 9.22. The van der Waals surface area contributed by atoms with Gasteiger partial charge in [-0.05, 0) is 23.8 Å². The summed E-state index contributed by atoms with van der Waals surface area (Å²) in [5, 5.41) is 2.95. The number of hydrogen-bond acceptors (Lipinski definition) is 2. The van der Waals surface area contributed by atoms with Crippen molar-refractivity contribution in [2.75, 3.05) is 11.9 Å². The average molecular weight is 316 g/mol. The van der Waals surface area contributed by atoms with E-state index >= 15 is 0 Å². The molecule has 2 aromatic carbocycles. The predicted octanol–water partition coefficient (Wildman–Crippen LogP) is 3.08. The van der Waals surface area contributed by atoms with Crippen LogP contribution in [-0.2, 0) is 10.2 Å². The van der Waals surface area contributed by atoms with Gasteiger partial charge in [0.15, 0.2) is 0 Å². The highest BCUT2D eigenvalue weighted by Gasteiger charge is 2.53. The molecule has 0 radical (unpaired) electrons. The molecule has 1 amide bonds. The summed E-state index contributed by atoms with van der Waals surface area (Å²) >= 11 is 3.43. The van der Waals surface area contributed by atoms with Gasteiger partial charge >= 0.3 is 0 Å². The number of para-hydroxylation sites is 1. The summed E-state index contributed by atoms with van der Waals surface area (Å²) < 4.78 is 6.71. The maximum atomic E-state index is 12.5. The maximum Gasteiger partial charge on any atom is 0.243 e. The summed E-state index contributed by atoms with van der Waals surface area (Å²) in [6.07, 6.45) is 0. The van der Waals surface area contributed by atoms with Crippen molar-refractivity contribution in [2.24, 2.45) is 0 Å². The molecule has 1 unspecified atom stereocenters. The Morgan fingerprint density at radius 2 is 2.00 bits per heavy atom. The Kier molecular flexibility index (Phi) is 2.10. The van der Waals surface area contributed by atoms with Crippen molar-refractivity contribution < 1.29 is 9.53 Å². The van der Waals surface area contributed by atoms with Crippen molar-refractivity contribution in [3.63, 3.8) is 0 Å². The highest BCUT2D eigenvalue weighted by atomic mass is 79.9. The number of carbonyl (C=O) groups excluding carboxylic acids is 1. The number of nitrogens with one attached hydrogen (secondary N) is 1. The molecule has 2 aliphatic heterocycles. The number of rotatable bonds is 0. The van der Waals surface area contributed by atoms with Crippen LogP contribution in [0.15, 0.2) is 46.9 Å². The second-order valence-electron chi connectivity index (χ2n) is 4.83. The van der Waals surface area contributed by atoms with Crippen LogP contribution >= 0.6 is 15.9 Å². The SMILES string of the molecule is O=C1Nc2ccccc2C12COc1cc(Br)ccc12. The van der Waals surface area contributed by atoms with Crippen molar-refractivity contribution >= 4 is 27.5 Å². The van der Waals surface area contributed by atoms with E-state index in [1.165, 1.54) is 0 Å². The molecule has 0 aliphatic carbocycles. The number of halogens is 1. The molecule has 2 heterocycles. The second-order valence-corrected chi connectivity index (χ2v) is 5.75. The van der Waals surface area contributed by atoms with E-state index in [0.717, 1.165) is 27.0 Å². The molecular weight excluding hydrogens is 306 g/mol. The number of carbonyl (C=O) groups is 1. The summed E-state index contributed by atoms with van der Waals surface area (Å²) in [4.78, 5) is 12.5. The van der Waals surface area contributed by atoms with Gasteiger partial charge in [-0.15, -0.1) is 0 Å². The topological polar surface area (TPSA) is 38.3 Å². The third-order valence-electron chi connectivity index (χ3n) is 3.87. The summed E-state index contributed by atoms with van der Waals surface area (Å²) in [5.41, 5.74) is 2.14. The molecule has 2 aromatic rings. The lowest BCUT2D eigenvalue weighted by Gasteiger charge is -2.19. The van der Waals surface area contributed by atoms with Gasteiger partial charge in [-0.3, -0.25) is 4.79 Å². The molecule has 0 bridgehead atoms. The van der Waals surface area contributed by atoms with Crippen molar-refractivity contribution in [3.8, 4) is 5.75 Å². The lowest BCUT2D eigenvalue weighted by molar-refractivity contribution is -0.119. The standard InChI is InChI=1S/C15H10BrNO2/c16-9-5-6-11-13(7-9)19-8-15(11)10-3-1-2-4-12(10)17-14(15)18/h1-7H,8H2,(H,17,18). The van der Waals surface area contributed by atoms with Gasteiger partial charge in [0.2, 0.25) is 5.91 Å². The molecule has 1 N–H and O–H groups in total. The van der Waals surface area contributed by atoms with E-state index < -0.39 is 5.41 Å². The van der Waals surface area contributed by atoms with E-state index in [2.05, 4.69) is 21.2 Å². The Hall–Kier alpha value is -1.81. The van der Waals surface area contributed by atoms with E-state index in [4.69, 9.17) is 4.74 Å². The first-order valence-electron chi connectivity index (χ1n) is 6.05. The van der Waals surface area contributed by atoms with Crippen LogP contribution in [0.1, 0.15) is 11.1 Å². The zero-order valence-electron chi connectivity index (χ0n) is 9.94. The number of ether oxygens (including phenoxy) is 1. The number of anilines is 1. The van der Waals surface area contributed by atoms with Gasteiger partial charge in [-0.25, -0.2) is 0 Å². The summed E-state index contributed by atoms with van der Waals surface area (Å²) in [7, 11) is 0. The Labute approximate surface area is 118 Å². The summed E-state index contributed by atoms with van der Waals surface area (Å²) in [6.45, 7) is 0.363. The normalized spacial score (nSPS) is 22.9. The van der Waals surface area contributed by atoms with Gasteiger partial charge in [0.1, 0.15) is 17.8 Å². The molecule has 2 aliphatic rings. The van der Waals surface area contributed by atoms with Gasteiger partial charge in [0.05, 0.1) is 0 Å². The molecule has 0 saturated carbocycles. The highest BCUT2D eigenvalue weighted by molar-refractivity contribution is 9.10. The van der Waals surface area contributed by atoms with Crippen molar-refractivity contribution in [3.05, 3.63) is 58.1 Å². The molecule has 19 heavy (non-hydrogen) atoms. The van der Waals surface area contributed by atoms with Gasteiger partial charge in [-0.1, -0.05) is 40.2 Å². The Morgan fingerprint density at radius 1 is 1.16 bits per heavy atom. The molecular formula is C15H10BrNO2. The zero-order chi connectivity index (χ0) is 13.0. The number of fused-ring (bicyclic) bond motifs is 4. The molecule has 4 heteroatoms. The van der Waals surface area contributed by atoms with Crippen LogP contribution in [0.4, 0.5) is 5.69 Å². The minimum atomic E-state index is -0.688. The largest absolute Gasteiger partial charge is 0.491 e. The molecule has 3 nitrogen and oxygen atoms in total. The molecule has 1 spiro atoms.